The molecule has 0 unspecified atom stereocenters. The Morgan fingerprint density at radius 3 is 1.30 bits per heavy atom. The summed E-state index contributed by atoms with van der Waals surface area (Å²) >= 11 is 1.04. The summed E-state index contributed by atoms with van der Waals surface area (Å²) in [6.07, 6.45) is 0. The van der Waals surface area contributed by atoms with Crippen LogP contribution in [0.5, 0.6) is 11.5 Å². The van der Waals surface area contributed by atoms with Crippen molar-refractivity contribution in [1.29, 1.82) is 0 Å². The Morgan fingerprint density at radius 2 is 1.00 bits per heavy atom. The van der Waals surface area contributed by atoms with Gasteiger partial charge in [-0.1, -0.05) is 0 Å². The van der Waals surface area contributed by atoms with Gasteiger partial charge in [-0.3, -0.25) is 0 Å². The van der Waals surface area contributed by atoms with Crippen LogP contribution in [0.15, 0.2) is 48.5 Å². The first-order valence-electron chi connectivity index (χ1n) is 6.62. The van der Waals surface area contributed by atoms with Crippen LogP contribution in [0.3, 0.4) is 0 Å². The fourth-order valence-electron chi connectivity index (χ4n) is 1.61. The summed E-state index contributed by atoms with van der Waals surface area (Å²) in [6, 6.07) is 17.0. The van der Waals surface area contributed by atoms with Crippen molar-refractivity contribution < 1.29 is 9.47 Å². The Balaban J connectivity index is 1.87. The molecule has 0 aliphatic carbocycles. The molecule has 0 aliphatic rings. The first-order valence-corrected chi connectivity index (χ1v) is 12.7. The summed E-state index contributed by atoms with van der Waals surface area (Å²) in [5, 5.41) is 0. The molecule has 0 heterocycles. The fraction of sp³-hybridized carbons (Fsp3) is 0.250. The molecule has 0 saturated heterocycles. The molecule has 2 nitrogen and oxygen atoms in total. The van der Waals surface area contributed by atoms with E-state index >= 15 is 0 Å². The van der Waals surface area contributed by atoms with Crippen molar-refractivity contribution in [1.82, 2.24) is 0 Å². The molecule has 106 valence electrons. The van der Waals surface area contributed by atoms with E-state index in [-0.39, 0.29) is 0 Å². The van der Waals surface area contributed by atoms with Crippen LogP contribution in [-0.2, 0) is 0 Å². The molecular weight excluding hydrogens is 382 g/mol. The molecule has 0 amide bonds. The fourth-order valence-corrected chi connectivity index (χ4v) is 7.57. The van der Waals surface area contributed by atoms with Gasteiger partial charge in [0.2, 0.25) is 0 Å². The maximum absolute atomic E-state index is 5.46. The first-order chi connectivity index (χ1) is 9.81. The first kappa shape index (κ1) is 15.5. The molecule has 2 aromatic carbocycles. The SMILES string of the molecule is CCOc1ccc([Se][Se]c2ccc(OCC)cc2)cc1. The number of rotatable bonds is 7. The van der Waals surface area contributed by atoms with Crippen molar-refractivity contribution in [3.8, 4) is 11.5 Å². The molecule has 0 bridgehead atoms. The molecule has 0 spiro atoms. The van der Waals surface area contributed by atoms with Crippen molar-refractivity contribution in [2.75, 3.05) is 13.2 Å². The van der Waals surface area contributed by atoms with Crippen LogP contribution in [0, 0.1) is 0 Å². The molecule has 2 aromatic rings. The van der Waals surface area contributed by atoms with E-state index in [1.807, 2.05) is 13.8 Å². The van der Waals surface area contributed by atoms with Crippen LogP contribution in [0.25, 0.3) is 0 Å². The third-order valence-electron chi connectivity index (χ3n) is 2.50. The molecule has 2 rings (SSSR count). The predicted molar refractivity (Wildman–Crippen MR) is 86.0 cm³/mol. The van der Waals surface area contributed by atoms with Crippen molar-refractivity contribution in [2.24, 2.45) is 0 Å². The van der Waals surface area contributed by atoms with Gasteiger partial charge in [0.25, 0.3) is 0 Å². The zero-order valence-electron chi connectivity index (χ0n) is 11.7. The maximum atomic E-state index is 5.46. The zero-order valence-corrected chi connectivity index (χ0v) is 15.1. The van der Waals surface area contributed by atoms with E-state index < -0.39 is 0 Å². The predicted octanol–water partition coefficient (Wildman–Crippen LogP) is 1.76. The Bertz CT molecular complexity index is 460. The molecular formula is C16H18O2Se2. The van der Waals surface area contributed by atoms with Gasteiger partial charge in [0, 0.05) is 0 Å². The second-order valence-electron chi connectivity index (χ2n) is 3.98. The molecule has 4 heteroatoms. The van der Waals surface area contributed by atoms with Crippen molar-refractivity contribution in [3.05, 3.63) is 48.5 Å². The molecule has 0 fully saturated rings. The van der Waals surface area contributed by atoms with Gasteiger partial charge in [0.05, 0.1) is 0 Å². The van der Waals surface area contributed by atoms with Crippen molar-refractivity contribution >= 4 is 35.2 Å². The average molecular weight is 400 g/mol. The third-order valence-corrected chi connectivity index (χ3v) is 9.73. The second-order valence-corrected chi connectivity index (χ2v) is 10.3. The standard InChI is InChI=1S/C16H18O2Se2/c1-3-17-13-5-9-15(10-6-13)19-20-16-11-7-14(8-12-16)18-4-2/h5-12H,3-4H2,1-2H3. The quantitative estimate of drug-likeness (QED) is 0.660. The third kappa shape index (κ3) is 4.88. The molecule has 0 radical (unpaired) electrons. The van der Waals surface area contributed by atoms with E-state index in [1.54, 1.807) is 0 Å². The number of ether oxygens (including phenoxy) is 2. The van der Waals surface area contributed by atoms with Gasteiger partial charge in [-0.05, 0) is 0 Å². The van der Waals surface area contributed by atoms with Gasteiger partial charge in [-0.2, -0.15) is 0 Å². The van der Waals surface area contributed by atoms with E-state index in [0.717, 1.165) is 24.7 Å². The number of benzene rings is 2. The summed E-state index contributed by atoms with van der Waals surface area (Å²) in [6.45, 7) is 5.46. The summed E-state index contributed by atoms with van der Waals surface area (Å²) in [5.74, 6) is 1.92. The van der Waals surface area contributed by atoms with Gasteiger partial charge in [0.15, 0.2) is 0 Å². The van der Waals surface area contributed by atoms with Crippen LogP contribution in [0.2, 0.25) is 0 Å². The van der Waals surface area contributed by atoms with Crippen LogP contribution in [-0.4, -0.2) is 39.5 Å². The van der Waals surface area contributed by atoms with E-state index in [9.17, 15) is 0 Å². The zero-order chi connectivity index (χ0) is 14.2. The molecule has 0 atom stereocenters. The van der Waals surface area contributed by atoms with E-state index in [4.69, 9.17) is 9.47 Å². The summed E-state index contributed by atoms with van der Waals surface area (Å²) in [5.41, 5.74) is 0. The minimum atomic E-state index is 0.519. The normalized spacial score (nSPS) is 10.3. The van der Waals surface area contributed by atoms with Crippen LogP contribution >= 0.6 is 0 Å². The molecule has 20 heavy (non-hydrogen) atoms. The second kappa shape index (κ2) is 8.38. The molecule has 0 N–H and O–H groups in total. The van der Waals surface area contributed by atoms with Gasteiger partial charge < -0.3 is 0 Å². The Labute approximate surface area is 131 Å². The van der Waals surface area contributed by atoms with Crippen molar-refractivity contribution in [2.45, 2.75) is 13.8 Å². The summed E-state index contributed by atoms with van der Waals surface area (Å²) in [7, 11) is 0. The average Bonchev–Trinajstić information content (AvgIpc) is 2.49. The molecule has 0 aromatic heterocycles. The summed E-state index contributed by atoms with van der Waals surface area (Å²) in [4.78, 5) is 0. The monoisotopic (exact) mass is 402 g/mol. The van der Waals surface area contributed by atoms with Gasteiger partial charge in [-0.25, -0.2) is 0 Å². The van der Waals surface area contributed by atoms with Crippen LogP contribution in [0.4, 0.5) is 0 Å². The van der Waals surface area contributed by atoms with Crippen molar-refractivity contribution in [3.63, 3.8) is 0 Å². The van der Waals surface area contributed by atoms with E-state index in [1.165, 1.54) is 8.92 Å². The van der Waals surface area contributed by atoms with Crippen LogP contribution in [0.1, 0.15) is 13.8 Å². The Morgan fingerprint density at radius 1 is 0.650 bits per heavy atom. The Hall–Kier alpha value is -0.921. The van der Waals surface area contributed by atoms with Crippen LogP contribution < -0.4 is 18.4 Å². The Kier molecular flexibility index (Phi) is 6.48. The number of hydrogen-bond donors (Lipinski definition) is 0. The van der Waals surface area contributed by atoms with Gasteiger partial charge >= 0.3 is 132 Å². The minimum absolute atomic E-state index is 0.519. The molecule has 0 aliphatic heterocycles. The van der Waals surface area contributed by atoms with Gasteiger partial charge in [0.1, 0.15) is 0 Å². The van der Waals surface area contributed by atoms with E-state index in [0.29, 0.717) is 26.3 Å². The van der Waals surface area contributed by atoms with E-state index in [2.05, 4.69) is 48.5 Å². The topological polar surface area (TPSA) is 18.5 Å². The number of hydrogen-bond acceptors (Lipinski definition) is 2. The molecule has 0 saturated carbocycles. The van der Waals surface area contributed by atoms with Gasteiger partial charge in [-0.15, -0.1) is 0 Å². The summed E-state index contributed by atoms with van der Waals surface area (Å²) < 4.78 is 13.8.